The predicted molar refractivity (Wildman–Crippen MR) is 73.0 cm³/mol. The molecule has 0 saturated heterocycles. The van der Waals surface area contributed by atoms with Crippen LogP contribution in [0.25, 0.3) is 0 Å². The molecule has 0 aliphatic rings. The molecule has 0 aliphatic carbocycles. The summed E-state index contributed by atoms with van der Waals surface area (Å²) in [5.74, 6) is -0.794. The Hall–Kier alpha value is -2.01. The molecule has 0 unspecified atom stereocenters. The average Bonchev–Trinajstić information content (AvgIpc) is 2.46. The summed E-state index contributed by atoms with van der Waals surface area (Å²) in [4.78, 5) is 27.3. The zero-order valence-corrected chi connectivity index (χ0v) is 11.5. The highest BCUT2D eigenvalue weighted by atomic mass is 79.9. The second-order valence-corrected chi connectivity index (χ2v) is 4.57. The van der Waals surface area contributed by atoms with Gasteiger partial charge in [-0.05, 0) is 18.2 Å². The van der Waals surface area contributed by atoms with Crippen LogP contribution < -0.4 is 0 Å². The van der Waals surface area contributed by atoms with Gasteiger partial charge in [0.15, 0.2) is 6.61 Å². The third kappa shape index (κ3) is 3.48. The molecule has 2 rings (SSSR count). The van der Waals surface area contributed by atoms with Crippen LogP contribution in [0.3, 0.4) is 0 Å². The number of hydrogen-bond acceptors (Lipinski definition) is 4. The molecule has 0 radical (unpaired) electrons. The van der Waals surface area contributed by atoms with Crippen molar-refractivity contribution in [3.8, 4) is 0 Å². The van der Waals surface area contributed by atoms with Gasteiger partial charge in [0.2, 0.25) is 5.78 Å². The fourth-order valence-electron chi connectivity index (χ4n) is 1.47. The van der Waals surface area contributed by atoms with Crippen molar-refractivity contribution in [3.05, 3.63) is 64.4 Å². The Bertz CT molecular complexity index is 599. The number of Topliss-reactive ketones (excluding diaryl/α,β-unsaturated/α-hetero) is 1. The van der Waals surface area contributed by atoms with Crippen LogP contribution in [0.1, 0.15) is 20.7 Å². The number of benzene rings is 1. The number of nitrogens with zero attached hydrogens (tertiary/aromatic N) is 1. The van der Waals surface area contributed by atoms with Gasteiger partial charge >= 0.3 is 5.97 Å². The molecule has 0 fully saturated rings. The van der Waals surface area contributed by atoms with E-state index in [1.165, 1.54) is 24.5 Å². The summed E-state index contributed by atoms with van der Waals surface area (Å²) in [5, 5.41) is 0. The summed E-state index contributed by atoms with van der Waals surface area (Å²) in [6.45, 7) is -0.288. The highest BCUT2D eigenvalue weighted by Gasteiger charge is 2.13. The van der Waals surface area contributed by atoms with Crippen LogP contribution in [0, 0.1) is 0 Å². The number of pyridine rings is 1. The van der Waals surface area contributed by atoms with Crippen molar-refractivity contribution in [1.29, 1.82) is 0 Å². The Labute approximate surface area is 118 Å². The third-order valence-corrected chi connectivity index (χ3v) is 3.12. The maximum Gasteiger partial charge on any atom is 0.338 e. The van der Waals surface area contributed by atoms with Crippen molar-refractivity contribution in [2.45, 2.75) is 0 Å². The molecule has 4 nitrogen and oxygen atoms in total. The van der Waals surface area contributed by atoms with Gasteiger partial charge in [-0.2, -0.15) is 0 Å². The van der Waals surface area contributed by atoms with E-state index >= 15 is 0 Å². The van der Waals surface area contributed by atoms with E-state index in [2.05, 4.69) is 20.9 Å². The van der Waals surface area contributed by atoms with Gasteiger partial charge in [0, 0.05) is 22.4 Å². The average molecular weight is 320 g/mol. The van der Waals surface area contributed by atoms with Crippen LogP contribution >= 0.6 is 15.9 Å². The maximum atomic E-state index is 11.9. The molecule has 1 aromatic carbocycles. The fourth-order valence-corrected chi connectivity index (χ4v) is 1.97. The SMILES string of the molecule is O=C(OCC(=O)c1ccccc1Br)c1ccncc1. The molecule has 5 heteroatoms. The molecule has 0 saturated carbocycles. The second kappa shape index (κ2) is 6.24. The van der Waals surface area contributed by atoms with Gasteiger partial charge in [0.05, 0.1) is 5.56 Å². The summed E-state index contributed by atoms with van der Waals surface area (Å²) in [7, 11) is 0. The van der Waals surface area contributed by atoms with Gasteiger partial charge in [-0.1, -0.05) is 34.1 Å². The molecule has 0 aliphatic heterocycles. The largest absolute Gasteiger partial charge is 0.454 e. The summed E-state index contributed by atoms with van der Waals surface area (Å²) in [6.07, 6.45) is 2.98. The van der Waals surface area contributed by atoms with E-state index in [-0.39, 0.29) is 12.4 Å². The van der Waals surface area contributed by atoms with Crippen molar-refractivity contribution < 1.29 is 14.3 Å². The van der Waals surface area contributed by atoms with Crippen LogP contribution in [0.2, 0.25) is 0 Å². The van der Waals surface area contributed by atoms with Crippen molar-refractivity contribution >= 4 is 27.7 Å². The molecule has 0 N–H and O–H groups in total. The topological polar surface area (TPSA) is 56.3 Å². The van der Waals surface area contributed by atoms with Crippen LogP contribution in [-0.4, -0.2) is 23.3 Å². The molecule has 19 heavy (non-hydrogen) atoms. The monoisotopic (exact) mass is 319 g/mol. The van der Waals surface area contributed by atoms with Crippen LogP contribution in [-0.2, 0) is 4.74 Å². The first-order valence-corrected chi connectivity index (χ1v) is 6.32. The van der Waals surface area contributed by atoms with E-state index in [9.17, 15) is 9.59 Å². The number of ketones is 1. The van der Waals surface area contributed by atoms with E-state index in [1.54, 1.807) is 18.2 Å². The normalized spacial score (nSPS) is 9.95. The molecule has 0 bridgehead atoms. The molecule has 96 valence electrons. The van der Waals surface area contributed by atoms with Gasteiger partial charge < -0.3 is 4.74 Å². The number of aromatic nitrogens is 1. The Morgan fingerprint density at radius 1 is 1.11 bits per heavy atom. The predicted octanol–water partition coefficient (Wildman–Crippen LogP) is 2.88. The summed E-state index contributed by atoms with van der Waals surface area (Å²) in [5.41, 5.74) is 0.861. The minimum Gasteiger partial charge on any atom is -0.454 e. The molecule has 0 spiro atoms. The van der Waals surface area contributed by atoms with Crippen molar-refractivity contribution in [1.82, 2.24) is 4.98 Å². The summed E-state index contributed by atoms with van der Waals surface area (Å²) in [6, 6.07) is 10.1. The second-order valence-electron chi connectivity index (χ2n) is 3.72. The first kappa shape index (κ1) is 13.4. The van der Waals surface area contributed by atoms with Gasteiger partial charge in [0.25, 0.3) is 0 Å². The van der Waals surface area contributed by atoms with E-state index in [0.717, 1.165) is 0 Å². The van der Waals surface area contributed by atoms with Crippen molar-refractivity contribution in [2.75, 3.05) is 6.61 Å². The van der Waals surface area contributed by atoms with Crippen LogP contribution in [0.5, 0.6) is 0 Å². The lowest BCUT2D eigenvalue weighted by Crippen LogP contribution is -2.14. The fraction of sp³-hybridized carbons (Fsp3) is 0.0714. The zero-order valence-electron chi connectivity index (χ0n) is 9.88. The summed E-state index contributed by atoms with van der Waals surface area (Å²) >= 11 is 3.28. The maximum absolute atomic E-state index is 11.9. The van der Waals surface area contributed by atoms with Crippen molar-refractivity contribution in [3.63, 3.8) is 0 Å². The van der Waals surface area contributed by atoms with Gasteiger partial charge in [0.1, 0.15) is 0 Å². The minimum absolute atomic E-state index is 0.255. The zero-order chi connectivity index (χ0) is 13.7. The van der Waals surface area contributed by atoms with E-state index in [4.69, 9.17) is 4.74 Å². The van der Waals surface area contributed by atoms with Crippen LogP contribution in [0.4, 0.5) is 0 Å². The molecule has 1 aromatic heterocycles. The number of rotatable bonds is 4. The molecule has 1 heterocycles. The minimum atomic E-state index is -0.539. The summed E-state index contributed by atoms with van der Waals surface area (Å²) < 4.78 is 5.64. The Balaban J connectivity index is 1.98. The van der Waals surface area contributed by atoms with E-state index in [1.807, 2.05) is 6.07 Å². The van der Waals surface area contributed by atoms with E-state index < -0.39 is 5.97 Å². The number of hydrogen-bond donors (Lipinski definition) is 0. The van der Waals surface area contributed by atoms with E-state index in [0.29, 0.717) is 15.6 Å². The van der Waals surface area contributed by atoms with Gasteiger partial charge in [-0.15, -0.1) is 0 Å². The first-order chi connectivity index (χ1) is 9.18. The smallest absolute Gasteiger partial charge is 0.338 e. The van der Waals surface area contributed by atoms with Crippen LogP contribution in [0.15, 0.2) is 53.3 Å². The molecular formula is C14H10BrNO3. The quantitative estimate of drug-likeness (QED) is 0.642. The van der Waals surface area contributed by atoms with Crippen molar-refractivity contribution in [2.24, 2.45) is 0 Å². The first-order valence-electron chi connectivity index (χ1n) is 5.53. The lowest BCUT2D eigenvalue weighted by atomic mass is 10.1. The highest BCUT2D eigenvalue weighted by Crippen LogP contribution is 2.16. The lowest BCUT2D eigenvalue weighted by molar-refractivity contribution is 0.0474. The number of ether oxygens (including phenoxy) is 1. The number of carbonyl (C=O) groups excluding carboxylic acids is 2. The Morgan fingerprint density at radius 2 is 1.79 bits per heavy atom. The third-order valence-electron chi connectivity index (χ3n) is 2.42. The Kier molecular flexibility index (Phi) is 4.41. The molecule has 0 atom stereocenters. The standard InChI is InChI=1S/C14H10BrNO3/c15-12-4-2-1-3-11(12)13(17)9-19-14(18)10-5-7-16-8-6-10/h1-8H,9H2. The highest BCUT2D eigenvalue weighted by molar-refractivity contribution is 9.10. The Morgan fingerprint density at radius 3 is 2.47 bits per heavy atom. The number of halogens is 1. The van der Waals surface area contributed by atoms with Gasteiger partial charge in [-0.25, -0.2) is 4.79 Å². The molecule has 2 aromatic rings. The molecular weight excluding hydrogens is 310 g/mol. The number of esters is 1. The lowest BCUT2D eigenvalue weighted by Gasteiger charge is -2.05. The number of carbonyl (C=O) groups is 2. The molecule has 0 amide bonds. The van der Waals surface area contributed by atoms with Gasteiger partial charge in [-0.3, -0.25) is 9.78 Å².